The van der Waals surface area contributed by atoms with Crippen LogP contribution in [0.25, 0.3) is 0 Å². The molecule has 0 aliphatic rings. The molecule has 4 heteroatoms. The highest BCUT2D eigenvalue weighted by atomic mass is 15.1. The molecule has 0 amide bonds. The van der Waals surface area contributed by atoms with E-state index in [1.807, 2.05) is 31.2 Å². The van der Waals surface area contributed by atoms with Crippen LogP contribution in [0.3, 0.4) is 0 Å². The maximum absolute atomic E-state index is 4.46. The van der Waals surface area contributed by atoms with E-state index < -0.39 is 0 Å². The van der Waals surface area contributed by atoms with Gasteiger partial charge >= 0.3 is 0 Å². The van der Waals surface area contributed by atoms with Crippen molar-refractivity contribution in [2.24, 2.45) is 0 Å². The molecule has 1 heterocycles. The number of anilines is 2. The monoisotopic (exact) mass is 318 g/mol. The SMILES string of the molecule is Cc1cccc(CNc2cc(NCc3ccccc3)nc(C)n2)c1. The smallest absolute Gasteiger partial charge is 0.132 e. The molecule has 0 bridgehead atoms. The average Bonchev–Trinajstić information content (AvgIpc) is 2.59. The summed E-state index contributed by atoms with van der Waals surface area (Å²) in [5, 5.41) is 6.73. The minimum Gasteiger partial charge on any atom is -0.366 e. The first-order valence-corrected chi connectivity index (χ1v) is 8.12. The van der Waals surface area contributed by atoms with Gasteiger partial charge in [0.05, 0.1) is 0 Å². The van der Waals surface area contributed by atoms with Gasteiger partial charge < -0.3 is 10.6 Å². The van der Waals surface area contributed by atoms with Gasteiger partial charge in [-0.05, 0) is 25.0 Å². The van der Waals surface area contributed by atoms with Gasteiger partial charge in [0, 0.05) is 19.2 Å². The van der Waals surface area contributed by atoms with Crippen molar-refractivity contribution in [2.75, 3.05) is 10.6 Å². The van der Waals surface area contributed by atoms with Crippen molar-refractivity contribution >= 4 is 11.6 Å². The van der Waals surface area contributed by atoms with Crippen molar-refractivity contribution in [3.63, 3.8) is 0 Å². The molecule has 2 N–H and O–H groups in total. The second-order valence-electron chi connectivity index (χ2n) is 5.87. The van der Waals surface area contributed by atoms with Crippen LogP contribution < -0.4 is 10.6 Å². The first-order chi connectivity index (χ1) is 11.7. The number of aromatic nitrogens is 2. The largest absolute Gasteiger partial charge is 0.366 e. The lowest BCUT2D eigenvalue weighted by Crippen LogP contribution is -2.07. The Balaban J connectivity index is 1.65. The number of nitrogens with one attached hydrogen (secondary N) is 2. The van der Waals surface area contributed by atoms with Crippen LogP contribution in [0.15, 0.2) is 60.7 Å². The third-order valence-electron chi connectivity index (χ3n) is 3.71. The Bertz CT molecular complexity index is 800. The molecular formula is C20H22N4. The molecule has 3 aromatic rings. The Hall–Kier alpha value is -2.88. The minimum absolute atomic E-state index is 0.745. The topological polar surface area (TPSA) is 49.8 Å². The van der Waals surface area contributed by atoms with Gasteiger partial charge in [0.1, 0.15) is 17.5 Å². The van der Waals surface area contributed by atoms with E-state index in [1.165, 1.54) is 16.7 Å². The second-order valence-corrected chi connectivity index (χ2v) is 5.87. The van der Waals surface area contributed by atoms with Crippen molar-refractivity contribution in [2.45, 2.75) is 26.9 Å². The third-order valence-corrected chi connectivity index (χ3v) is 3.71. The summed E-state index contributed by atoms with van der Waals surface area (Å²) in [6.45, 7) is 5.50. The molecule has 122 valence electrons. The van der Waals surface area contributed by atoms with Crippen LogP contribution in [0.1, 0.15) is 22.5 Å². The van der Waals surface area contributed by atoms with Crippen LogP contribution in [0, 0.1) is 13.8 Å². The van der Waals surface area contributed by atoms with Crippen LogP contribution in [-0.2, 0) is 13.1 Å². The van der Waals surface area contributed by atoms with Gasteiger partial charge in [-0.1, -0.05) is 60.2 Å². The van der Waals surface area contributed by atoms with Gasteiger partial charge in [-0.25, -0.2) is 9.97 Å². The minimum atomic E-state index is 0.745. The Morgan fingerprint density at radius 1 is 0.708 bits per heavy atom. The van der Waals surface area contributed by atoms with E-state index in [1.54, 1.807) is 0 Å². The zero-order chi connectivity index (χ0) is 16.8. The molecule has 1 aromatic heterocycles. The highest BCUT2D eigenvalue weighted by molar-refractivity contribution is 5.48. The Morgan fingerprint density at radius 2 is 1.33 bits per heavy atom. The Kier molecular flexibility index (Phi) is 5.06. The van der Waals surface area contributed by atoms with Crippen LogP contribution in [0.2, 0.25) is 0 Å². The predicted octanol–water partition coefficient (Wildman–Crippen LogP) is 4.32. The number of rotatable bonds is 6. The number of aryl methyl sites for hydroxylation is 2. The molecule has 2 aromatic carbocycles. The third kappa shape index (κ3) is 4.56. The van der Waals surface area contributed by atoms with Crippen molar-refractivity contribution in [3.8, 4) is 0 Å². The predicted molar refractivity (Wildman–Crippen MR) is 99.0 cm³/mol. The molecule has 0 atom stereocenters. The van der Waals surface area contributed by atoms with Gasteiger partial charge in [0.15, 0.2) is 0 Å². The zero-order valence-electron chi connectivity index (χ0n) is 14.1. The van der Waals surface area contributed by atoms with E-state index in [-0.39, 0.29) is 0 Å². The molecule has 0 spiro atoms. The van der Waals surface area contributed by atoms with Crippen molar-refractivity contribution in [3.05, 3.63) is 83.2 Å². The fraction of sp³-hybridized carbons (Fsp3) is 0.200. The maximum atomic E-state index is 4.46. The van der Waals surface area contributed by atoms with E-state index in [2.05, 4.69) is 63.9 Å². The molecule has 0 saturated heterocycles. The first-order valence-electron chi connectivity index (χ1n) is 8.12. The number of hydrogen-bond acceptors (Lipinski definition) is 4. The van der Waals surface area contributed by atoms with Crippen molar-refractivity contribution < 1.29 is 0 Å². The molecule has 4 nitrogen and oxygen atoms in total. The quantitative estimate of drug-likeness (QED) is 0.711. The molecule has 3 rings (SSSR count). The standard InChI is InChI=1S/C20H22N4/c1-15-7-6-10-18(11-15)14-22-20-12-19(23-16(2)24-20)21-13-17-8-4-3-5-9-17/h3-12H,13-14H2,1-2H3,(H2,21,22,23,24). The molecular weight excluding hydrogens is 296 g/mol. The fourth-order valence-corrected chi connectivity index (χ4v) is 2.55. The van der Waals surface area contributed by atoms with Crippen LogP contribution in [-0.4, -0.2) is 9.97 Å². The summed E-state index contributed by atoms with van der Waals surface area (Å²) in [5.41, 5.74) is 3.73. The van der Waals surface area contributed by atoms with Crippen LogP contribution in [0.4, 0.5) is 11.6 Å². The van der Waals surface area contributed by atoms with Gasteiger partial charge in [-0.2, -0.15) is 0 Å². The molecule has 0 aliphatic heterocycles. The lowest BCUT2D eigenvalue weighted by atomic mass is 10.1. The number of hydrogen-bond donors (Lipinski definition) is 2. The van der Waals surface area contributed by atoms with Gasteiger partial charge in [-0.3, -0.25) is 0 Å². The Labute approximate surface area is 143 Å². The van der Waals surface area contributed by atoms with E-state index in [4.69, 9.17) is 0 Å². The highest BCUT2D eigenvalue weighted by Crippen LogP contribution is 2.14. The lowest BCUT2D eigenvalue weighted by molar-refractivity contribution is 1.00. The van der Waals surface area contributed by atoms with E-state index in [9.17, 15) is 0 Å². The van der Waals surface area contributed by atoms with E-state index >= 15 is 0 Å². The molecule has 0 unspecified atom stereocenters. The molecule has 0 aliphatic carbocycles. The summed E-state index contributed by atoms with van der Waals surface area (Å²) in [6.07, 6.45) is 0. The number of nitrogens with zero attached hydrogens (tertiary/aromatic N) is 2. The highest BCUT2D eigenvalue weighted by Gasteiger charge is 2.02. The Morgan fingerprint density at radius 3 is 2.00 bits per heavy atom. The van der Waals surface area contributed by atoms with Gasteiger partial charge in [-0.15, -0.1) is 0 Å². The average molecular weight is 318 g/mol. The first kappa shape index (κ1) is 16.0. The summed E-state index contributed by atoms with van der Waals surface area (Å²) in [6, 6.07) is 20.7. The second kappa shape index (κ2) is 7.59. The lowest BCUT2D eigenvalue weighted by Gasteiger charge is -2.11. The summed E-state index contributed by atoms with van der Waals surface area (Å²) in [7, 11) is 0. The fourth-order valence-electron chi connectivity index (χ4n) is 2.55. The maximum Gasteiger partial charge on any atom is 0.132 e. The molecule has 0 saturated carbocycles. The van der Waals surface area contributed by atoms with Crippen molar-refractivity contribution in [1.82, 2.24) is 9.97 Å². The van der Waals surface area contributed by atoms with E-state index in [0.29, 0.717) is 0 Å². The van der Waals surface area contributed by atoms with E-state index in [0.717, 1.165) is 30.5 Å². The number of benzene rings is 2. The molecule has 0 radical (unpaired) electrons. The van der Waals surface area contributed by atoms with Crippen molar-refractivity contribution in [1.29, 1.82) is 0 Å². The summed E-state index contributed by atoms with van der Waals surface area (Å²) >= 11 is 0. The summed E-state index contributed by atoms with van der Waals surface area (Å²) in [4.78, 5) is 8.92. The van der Waals surface area contributed by atoms with Crippen LogP contribution >= 0.6 is 0 Å². The van der Waals surface area contributed by atoms with Gasteiger partial charge in [0.25, 0.3) is 0 Å². The van der Waals surface area contributed by atoms with Crippen LogP contribution in [0.5, 0.6) is 0 Å². The molecule has 24 heavy (non-hydrogen) atoms. The summed E-state index contributed by atoms with van der Waals surface area (Å²) in [5.74, 6) is 2.41. The summed E-state index contributed by atoms with van der Waals surface area (Å²) < 4.78 is 0. The zero-order valence-corrected chi connectivity index (χ0v) is 14.1. The normalized spacial score (nSPS) is 10.4. The van der Waals surface area contributed by atoms with Gasteiger partial charge in [0.2, 0.25) is 0 Å². The molecule has 0 fully saturated rings.